The maximum atomic E-state index is 12.1. The number of anilines is 1. The second-order valence-electron chi connectivity index (χ2n) is 5.01. The van der Waals surface area contributed by atoms with Crippen molar-refractivity contribution < 1.29 is 14.7 Å². The zero-order valence-corrected chi connectivity index (χ0v) is 11.2. The summed E-state index contributed by atoms with van der Waals surface area (Å²) in [5.41, 5.74) is 5.36. The number of carbonyl (C=O) groups excluding carboxylic acids is 1. The van der Waals surface area contributed by atoms with Crippen LogP contribution in [0.1, 0.15) is 30.1 Å². The number of nitrogens with two attached hydrogens (primary N) is 1. The van der Waals surface area contributed by atoms with Crippen molar-refractivity contribution in [3.8, 4) is 0 Å². The Kier molecular flexibility index (Phi) is 3.52. The Balaban J connectivity index is 2.20. The Morgan fingerprint density at radius 1 is 1.47 bits per heavy atom. The SMILES string of the molecule is CC(N)(C(=O)Nc1cc(C(=O)O)ccc1Cl)C1CC1. The van der Waals surface area contributed by atoms with Gasteiger partial charge in [-0.3, -0.25) is 4.79 Å². The second kappa shape index (κ2) is 4.83. The van der Waals surface area contributed by atoms with Gasteiger partial charge in [-0.1, -0.05) is 11.6 Å². The lowest BCUT2D eigenvalue weighted by molar-refractivity contribution is -0.121. The Hall–Kier alpha value is -1.59. The van der Waals surface area contributed by atoms with Crippen LogP contribution in [0.15, 0.2) is 18.2 Å². The first kappa shape index (κ1) is 13.8. The van der Waals surface area contributed by atoms with Crippen molar-refractivity contribution >= 4 is 29.2 Å². The molecule has 1 atom stereocenters. The van der Waals surface area contributed by atoms with Crippen LogP contribution in [0.2, 0.25) is 5.02 Å². The first-order valence-corrected chi connectivity index (χ1v) is 6.33. The number of benzene rings is 1. The van der Waals surface area contributed by atoms with E-state index in [0.29, 0.717) is 0 Å². The van der Waals surface area contributed by atoms with Crippen molar-refractivity contribution in [2.75, 3.05) is 5.32 Å². The summed E-state index contributed by atoms with van der Waals surface area (Å²) >= 11 is 5.94. The summed E-state index contributed by atoms with van der Waals surface area (Å²) in [6.45, 7) is 1.68. The van der Waals surface area contributed by atoms with E-state index in [-0.39, 0.29) is 28.1 Å². The lowest BCUT2D eigenvalue weighted by Crippen LogP contribution is -2.50. The topological polar surface area (TPSA) is 92.4 Å². The highest BCUT2D eigenvalue weighted by molar-refractivity contribution is 6.34. The molecule has 1 amide bonds. The summed E-state index contributed by atoms with van der Waals surface area (Å²) in [6, 6.07) is 4.14. The van der Waals surface area contributed by atoms with Crippen LogP contribution >= 0.6 is 11.6 Å². The van der Waals surface area contributed by atoms with Crippen molar-refractivity contribution in [3.05, 3.63) is 28.8 Å². The molecule has 0 radical (unpaired) electrons. The molecule has 2 rings (SSSR count). The Labute approximate surface area is 115 Å². The van der Waals surface area contributed by atoms with E-state index in [2.05, 4.69) is 5.32 Å². The third kappa shape index (κ3) is 2.88. The molecule has 1 aromatic rings. The van der Waals surface area contributed by atoms with Crippen LogP contribution in [-0.4, -0.2) is 22.5 Å². The number of halogens is 1. The van der Waals surface area contributed by atoms with Gasteiger partial charge in [-0.25, -0.2) is 4.79 Å². The van der Waals surface area contributed by atoms with Gasteiger partial charge in [-0.05, 0) is 43.9 Å². The number of rotatable bonds is 4. The molecule has 0 heterocycles. The summed E-state index contributed by atoms with van der Waals surface area (Å²) in [7, 11) is 0. The number of amides is 1. The first-order valence-electron chi connectivity index (χ1n) is 5.95. The smallest absolute Gasteiger partial charge is 0.335 e. The maximum Gasteiger partial charge on any atom is 0.335 e. The molecule has 19 heavy (non-hydrogen) atoms. The van der Waals surface area contributed by atoms with Crippen molar-refractivity contribution in [1.82, 2.24) is 0 Å². The van der Waals surface area contributed by atoms with Gasteiger partial charge < -0.3 is 16.2 Å². The van der Waals surface area contributed by atoms with E-state index in [9.17, 15) is 9.59 Å². The fourth-order valence-electron chi connectivity index (χ4n) is 1.88. The molecule has 1 aliphatic rings. The summed E-state index contributed by atoms with van der Waals surface area (Å²) in [4.78, 5) is 23.0. The number of hydrogen-bond donors (Lipinski definition) is 3. The molecule has 1 fully saturated rings. The average Bonchev–Trinajstić information content (AvgIpc) is 3.15. The minimum absolute atomic E-state index is 0.0600. The number of carboxylic acids is 1. The van der Waals surface area contributed by atoms with Gasteiger partial charge in [0, 0.05) is 0 Å². The molecule has 102 valence electrons. The quantitative estimate of drug-likeness (QED) is 0.788. The third-order valence-electron chi connectivity index (χ3n) is 3.38. The molecule has 1 aromatic carbocycles. The highest BCUT2D eigenvalue weighted by Crippen LogP contribution is 2.38. The summed E-state index contributed by atoms with van der Waals surface area (Å²) in [5.74, 6) is -1.25. The maximum absolute atomic E-state index is 12.1. The van der Waals surface area contributed by atoms with Gasteiger partial charge in [0.05, 0.1) is 21.8 Å². The van der Waals surface area contributed by atoms with Crippen LogP contribution in [0.3, 0.4) is 0 Å². The molecule has 0 aliphatic heterocycles. The van der Waals surface area contributed by atoms with E-state index >= 15 is 0 Å². The van der Waals surface area contributed by atoms with E-state index in [4.69, 9.17) is 22.4 Å². The molecule has 6 heteroatoms. The molecule has 0 bridgehead atoms. The van der Waals surface area contributed by atoms with Gasteiger partial charge in [0.2, 0.25) is 5.91 Å². The van der Waals surface area contributed by atoms with E-state index in [1.165, 1.54) is 18.2 Å². The molecule has 1 unspecified atom stereocenters. The number of carboxylic acid groups (broad SMARTS) is 1. The minimum atomic E-state index is -1.08. The Morgan fingerprint density at radius 3 is 2.63 bits per heavy atom. The normalized spacial score (nSPS) is 17.6. The lowest BCUT2D eigenvalue weighted by atomic mass is 9.96. The van der Waals surface area contributed by atoms with Crippen molar-refractivity contribution in [2.45, 2.75) is 25.3 Å². The zero-order chi connectivity index (χ0) is 14.2. The van der Waals surface area contributed by atoms with Crippen LogP contribution in [0, 0.1) is 5.92 Å². The van der Waals surface area contributed by atoms with Crippen LogP contribution < -0.4 is 11.1 Å². The largest absolute Gasteiger partial charge is 0.478 e. The molecule has 0 spiro atoms. The van der Waals surface area contributed by atoms with Gasteiger partial charge in [0.1, 0.15) is 0 Å². The predicted molar refractivity (Wildman–Crippen MR) is 72.4 cm³/mol. The van der Waals surface area contributed by atoms with Gasteiger partial charge in [0.25, 0.3) is 0 Å². The molecule has 0 saturated heterocycles. The number of nitrogens with one attached hydrogen (secondary N) is 1. The monoisotopic (exact) mass is 282 g/mol. The zero-order valence-electron chi connectivity index (χ0n) is 10.4. The Morgan fingerprint density at radius 2 is 2.11 bits per heavy atom. The summed E-state index contributed by atoms with van der Waals surface area (Å²) < 4.78 is 0. The van der Waals surface area contributed by atoms with Crippen molar-refractivity contribution in [1.29, 1.82) is 0 Å². The number of hydrogen-bond acceptors (Lipinski definition) is 3. The lowest BCUT2D eigenvalue weighted by Gasteiger charge is -2.23. The molecular weight excluding hydrogens is 268 g/mol. The van der Waals surface area contributed by atoms with Gasteiger partial charge >= 0.3 is 5.97 Å². The molecule has 1 saturated carbocycles. The van der Waals surface area contributed by atoms with E-state index in [1.54, 1.807) is 6.92 Å². The first-order chi connectivity index (χ1) is 8.82. The van der Waals surface area contributed by atoms with Gasteiger partial charge in [0.15, 0.2) is 0 Å². The highest BCUT2D eigenvalue weighted by atomic mass is 35.5. The summed E-state index contributed by atoms with van der Waals surface area (Å²) in [5, 5.41) is 11.8. The fourth-order valence-corrected chi connectivity index (χ4v) is 2.04. The van der Waals surface area contributed by atoms with Crippen LogP contribution in [-0.2, 0) is 4.79 Å². The minimum Gasteiger partial charge on any atom is -0.478 e. The molecule has 0 aromatic heterocycles. The van der Waals surface area contributed by atoms with Crippen LogP contribution in [0.5, 0.6) is 0 Å². The molecular formula is C13H15ClN2O3. The van der Waals surface area contributed by atoms with E-state index < -0.39 is 11.5 Å². The van der Waals surface area contributed by atoms with Crippen LogP contribution in [0.4, 0.5) is 5.69 Å². The molecule has 5 nitrogen and oxygen atoms in total. The Bertz CT molecular complexity index is 539. The molecule has 4 N–H and O–H groups in total. The standard InChI is InChI=1S/C13H15ClN2O3/c1-13(15,8-3-4-8)12(19)16-10-6-7(11(17)18)2-5-9(10)14/h2,5-6,8H,3-4,15H2,1H3,(H,16,19)(H,17,18). The molecule has 1 aliphatic carbocycles. The van der Waals surface area contributed by atoms with Crippen molar-refractivity contribution in [2.24, 2.45) is 11.7 Å². The summed E-state index contributed by atoms with van der Waals surface area (Å²) in [6.07, 6.45) is 1.87. The van der Waals surface area contributed by atoms with E-state index in [0.717, 1.165) is 12.8 Å². The van der Waals surface area contributed by atoms with E-state index in [1.807, 2.05) is 0 Å². The fraction of sp³-hybridized carbons (Fsp3) is 0.385. The van der Waals surface area contributed by atoms with Gasteiger partial charge in [-0.15, -0.1) is 0 Å². The van der Waals surface area contributed by atoms with Gasteiger partial charge in [-0.2, -0.15) is 0 Å². The second-order valence-corrected chi connectivity index (χ2v) is 5.42. The number of carbonyl (C=O) groups is 2. The third-order valence-corrected chi connectivity index (χ3v) is 3.71. The van der Waals surface area contributed by atoms with Crippen molar-refractivity contribution in [3.63, 3.8) is 0 Å². The average molecular weight is 283 g/mol. The predicted octanol–water partition coefficient (Wildman–Crippen LogP) is 2.10. The number of aromatic carboxylic acids is 1. The highest BCUT2D eigenvalue weighted by Gasteiger charge is 2.44. The van der Waals surface area contributed by atoms with Crippen LogP contribution in [0.25, 0.3) is 0 Å².